The lowest BCUT2D eigenvalue weighted by atomic mass is 10.2. The molecule has 0 saturated carbocycles. The third-order valence-corrected chi connectivity index (χ3v) is 3.50. The number of allylic oxidation sites excluding steroid dienone is 1. The van der Waals surface area contributed by atoms with E-state index in [-0.39, 0.29) is 5.78 Å². The van der Waals surface area contributed by atoms with E-state index in [1.165, 1.54) is 11.3 Å². The van der Waals surface area contributed by atoms with E-state index in [0.29, 0.717) is 18.7 Å². The Morgan fingerprint density at radius 3 is 3.00 bits per heavy atom. The van der Waals surface area contributed by atoms with E-state index in [1.54, 1.807) is 12.2 Å². The van der Waals surface area contributed by atoms with Gasteiger partial charge in [-0.05, 0) is 25.1 Å². The molecule has 4 heteroatoms. The zero-order valence-electron chi connectivity index (χ0n) is 9.47. The highest BCUT2D eigenvalue weighted by Gasteiger charge is 2.18. The fraction of sp³-hybridized carbons (Fsp3) is 0.231. The maximum absolute atomic E-state index is 11.9. The van der Waals surface area contributed by atoms with Crippen molar-refractivity contribution in [2.45, 2.75) is 6.92 Å². The molecule has 0 saturated heterocycles. The molecule has 2 rings (SSSR count). The molecule has 0 aliphatic carbocycles. The lowest BCUT2D eigenvalue weighted by molar-refractivity contribution is -0.501. The van der Waals surface area contributed by atoms with Gasteiger partial charge in [0.2, 0.25) is 12.3 Å². The molecule has 0 radical (unpaired) electrons. The largest absolute Gasteiger partial charge is 0.286 e. The molecule has 3 nitrogen and oxygen atoms in total. The molecule has 86 valence electrons. The van der Waals surface area contributed by atoms with Crippen LogP contribution in [0.3, 0.4) is 0 Å². The number of hydrogen-bond acceptors (Lipinski definition) is 3. The summed E-state index contributed by atoms with van der Waals surface area (Å²) in [5.74, 6) is 1.94. The Balaban J connectivity index is 2.07. The van der Waals surface area contributed by atoms with Crippen molar-refractivity contribution in [3.63, 3.8) is 0 Å². The first-order valence-electron chi connectivity index (χ1n) is 5.28. The Morgan fingerprint density at radius 1 is 1.53 bits per heavy atom. The molecule has 0 amide bonds. The van der Waals surface area contributed by atoms with Gasteiger partial charge >= 0.3 is 0 Å². The predicted molar refractivity (Wildman–Crippen MR) is 67.8 cm³/mol. The van der Waals surface area contributed by atoms with Gasteiger partial charge in [0, 0.05) is 11.0 Å². The Labute approximate surface area is 103 Å². The molecular weight excluding hydrogens is 234 g/mol. The first kappa shape index (κ1) is 11.7. The summed E-state index contributed by atoms with van der Waals surface area (Å²) < 4.78 is 1.82. The molecule has 1 aromatic heterocycles. The number of carbonyl (C=O) groups excluding carboxylic acids is 2. The van der Waals surface area contributed by atoms with Crippen molar-refractivity contribution < 1.29 is 14.2 Å². The number of nitrogens with zero attached hydrogens (tertiary/aromatic N) is 1. The molecule has 17 heavy (non-hydrogen) atoms. The Morgan fingerprint density at radius 2 is 2.35 bits per heavy atom. The van der Waals surface area contributed by atoms with Gasteiger partial charge in [-0.25, -0.2) is 9.37 Å². The molecule has 1 aliphatic heterocycles. The van der Waals surface area contributed by atoms with Gasteiger partial charge in [0.1, 0.15) is 11.5 Å². The quantitative estimate of drug-likeness (QED) is 0.462. The van der Waals surface area contributed by atoms with Gasteiger partial charge in [-0.3, -0.25) is 4.79 Å². The summed E-state index contributed by atoms with van der Waals surface area (Å²) in [6, 6.07) is 3.78. The van der Waals surface area contributed by atoms with E-state index in [1.807, 2.05) is 35.8 Å². The van der Waals surface area contributed by atoms with Crippen molar-refractivity contribution >= 4 is 29.3 Å². The number of aryl methyl sites for hydroxylation is 1. The lowest BCUT2D eigenvalue weighted by Gasteiger charge is -2.03. The van der Waals surface area contributed by atoms with Gasteiger partial charge < -0.3 is 0 Å². The van der Waals surface area contributed by atoms with Crippen molar-refractivity contribution in [3.8, 4) is 0 Å². The average molecular weight is 246 g/mol. The average Bonchev–Trinajstić information content (AvgIpc) is 2.76. The van der Waals surface area contributed by atoms with Crippen LogP contribution >= 0.6 is 11.3 Å². The summed E-state index contributed by atoms with van der Waals surface area (Å²) in [4.78, 5) is 24.4. The van der Waals surface area contributed by atoms with Crippen molar-refractivity contribution in [1.29, 1.82) is 0 Å². The van der Waals surface area contributed by atoms with Crippen molar-refractivity contribution in [1.82, 2.24) is 0 Å². The van der Waals surface area contributed by atoms with Gasteiger partial charge in [-0.2, -0.15) is 0 Å². The summed E-state index contributed by atoms with van der Waals surface area (Å²) in [5, 5.41) is 0. The van der Waals surface area contributed by atoms with Crippen LogP contribution in [-0.4, -0.2) is 35.6 Å². The predicted octanol–water partition coefficient (Wildman–Crippen LogP) is 1.65. The first-order chi connectivity index (χ1) is 8.19. The Kier molecular flexibility index (Phi) is 3.47. The zero-order valence-corrected chi connectivity index (χ0v) is 10.3. The summed E-state index contributed by atoms with van der Waals surface area (Å²) in [6.45, 7) is 2.73. The molecule has 0 unspecified atom stereocenters. The molecule has 0 atom stereocenters. The second-order valence-electron chi connectivity index (χ2n) is 3.87. The van der Waals surface area contributed by atoms with Crippen LogP contribution < -0.4 is 0 Å². The standard InChI is InChI=1S/C13H12NO2S/c1-10-4-5-13(17-10)12(16)8-14-6-2-3-11(7-14)9-15/h2-6H,7-8H2,1H3/q+1. The van der Waals surface area contributed by atoms with Gasteiger partial charge in [-0.1, -0.05) is 0 Å². The van der Waals surface area contributed by atoms with E-state index < -0.39 is 0 Å². The van der Waals surface area contributed by atoms with Crippen LogP contribution in [0.5, 0.6) is 0 Å². The molecule has 0 fully saturated rings. The summed E-state index contributed by atoms with van der Waals surface area (Å²) in [6.07, 6.45) is 5.29. The molecule has 1 aromatic rings. The lowest BCUT2D eigenvalue weighted by Crippen LogP contribution is -2.25. The van der Waals surface area contributed by atoms with Crippen LogP contribution in [0.4, 0.5) is 0 Å². The summed E-state index contributed by atoms with van der Waals surface area (Å²) in [5.41, 5.74) is 0.572. The number of carbonyl (C=O) groups is 1. The number of hydrogen-bond donors (Lipinski definition) is 0. The van der Waals surface area contributed by atoms with E-state index in [4.69, 9.17) is 0 Å². The molecule has 2 heterocycles. The maximum Gasteiger partial charge on any atom is 0.236 e. The van der Waals surface area contributed by atoms with Crippen LogP contribution in [0.25, 0.3) is 0 Å². The van der Waals surface area contributed by atoms with Gasteiger partial charge in [0.05, 0.1) is 4.88 Å². The van der Waals surface area contributed by atoms with Crippen LogP contribution in [0.2, 0.25) is 0 Å². The van der Waals surface area contributed by atoms with Crippen LogP contribution in [-0.2, 0) is 4.79 Å². The topological polar surface area (TPSA) is 37.1 Å². The highest BCUT2D eigenvalue weighted by molar-refractivity contribution is 7.14. The minimum absolute atomic E-state index is 0.0832. The highest BCUT2D eigenvalue weighted by Crippen LogP contribution is 2.15. The minimum Gasteiger partial charge on any atom is -0.286 e. The van der Waals surface area contributed by atoms with E-state index >= 15 is 0 Å². The third-order valence-electron chi connectivity index (χ3n) is 2.46. The van der Waals surface area contributed by atoms with Crippen molar-refractivity contribution in [3.05, 3.63) is 39.6 Å². The number of rotatable bonds is 3. The van der Waals surface area contributed by atoms with E-state index in [2.05, 4.69) is 0 Å². The molecule has 0 bridgehead atoms. The summed E-state index contributed by atoms with van der Waals surface area (Å²) >= 11 is 1.50. The van der Waals surface area contributed by atoms with Crippen LogP contribution in [0.15, 0.2) is 29.9 Å². The smallest absolute Gasteiger partial charge is 0.236 e. The Bertz CT molecular complexity index is 560. The zero-order chi connectivity index (χ0) is 12.3. The van der Waals surface area contributed by atoms with E-state index in [0.717, 1.165) is 9.75 Å². The second-order valence-corrected chi connectivity index (χ2v) is 5.16. The first-order valence-corrected chi connectivity index (χ1v) is 6.10. The molecule has 1 aliphatic rings. The highest BCUT2D eigenvalue weighted by atomic mass is 32.1. The van der Waals surface area contributed by atoms with Gasteiger partial charge in [0.25, 0.3) is 0 Å². The fourth-order valence-electron chi connectivity index (χ4n) is 1.63. The Hall–Kier alpha value is -1.77. The van der Waals surface area contributed by atoms with Crippen LogP contribution in [0.1, 0.15) is 14.5 Å². The molecule has 0 N–H and O–H groups in total. The van der Waals surface area contributed by atoms with Gasteiger partial charge in [-0.15, -0.1) is 11.3 Å². The van der Waals surface area contributed by atoms with Crippen LogP contribution in [0, 0.1) is 6.92 Å². The number of ketones is 1. The van der Waals surface area contributed by atoms with Gasteiger partial charge in [0.15, 0.2) is 12.8 Å². The molecule has 0 spiro atoms. The monoisotopic (exact) mass is 246 g/mol. The minimum atomic E-state index is 0.0832. The normalized spacial score (nSPS) is 14.4. The molecular formula is C13H12NO2S+. The third kappa shape index (κ3) is 2.87. The second kappa shape index (κ2) is 5.04. The number of Topliss-reactive ketones (excluding diaryl/α,β-unsaturated/α-hetero) is 1. The van der Waals surface area contributed by atoms with Crippen molar-refractivity contribution in [2.24, 2.45) is 0 Å². The fourth-order valence-corrected chi connectivity index (χ4v) is 2.42. The maximum atomic E-state index is 11.9. The summed E-state index contributed by atoms with van der Waals surface area (Å²) in [7, 11) is 0. The SMILES string of the molecule is Cc1ccc(C(=O)C[N+]2=CC=CC(=C=O)C2)s1. The van der Waals surface area contributed by atoms with Crippen molar-refractivity contribution in [2.75, 3.05) is 13.1 Å². The van der Waals surface area contributed by atoms with E-state index in [9.17, 15) is 9.59 Å². The number of thiophene rings is 1. The molecule has 0 aromatic carbocycles.